The van der Waals surface area contributed by atoms with Crippen LogP contribution in [0, 0.1) is 18.2 Å². The number of aryl methyl sites for hydroxylation is 1. The zero-order chi connectivity index (χ0) is 36.6. The van der Waals surface area contributed by atoms with Crippen LogP contribution in [0.15, 0.2) is 48.7 Å². The summed E-state index contributed by atoms with van der Waals surface area (Å²) in [6, 6.07) is 13.7. The fraction of sp³-hybridized carbons (Fsp3) is 0.439. The van der Waals surface area contributed by atoms with Crippen molar-refractivity contribution in [2.24, 2.45) is 5.41 Å². The minimum Gasteiger partial charge on any atom is -0.481 e. The van der Waals surface area contributed by atoms with Crippen LogP contribution in [0.4, 0.5) is 4.39 Å². The summed E-state index contributed by atoms with van der Waals surface area (Å²) in [6.45, 7) is 9.39. The van der Waals surface area contributed by atoms with Crippen LogP contribution in [0.2, 0.25) is 0 Å². The molecule has 6 heterocycles. The zero-order valence-electron chi connectivity index (χ0n) is 30.7. The molecule has 11 nitrogen and oxygen atoms in total. The summed E-state index contributed by atoms with van der Waals surface area (Å²) in [5.74, 6) is 0.889. The topological polar surface area (TPSA) is 113 Å². The molecule has 9 rings (SSSR count). The molecule has 5 aliphatic rings. The van der Waals surface area contributed by atoms with Crippen molar-refractivity contribution in [3.8, 4) is 45.4 Å². The van der Waals surface area contributed by atoms with Crippen molar-refractivity contribution in [2.45, 2.75) is 57.7 Å². The average Bonchev–Trinajstić information content (AvgIpc) is 3.71. The Hall–Kier alpha value is -4.94. The molecule has 2 aromatic heterocycles. The maximum atomic E-state index is 16.6. The van der Waals surface area contributed by atoms with Crippen molar-refractivity contribution >= 4 is 11.8 Å². The Balaban J connectivity index is 0.958. The normalized spacial score (nSPS) is 21.2. The second kappa shape index (κ2) is 12.6. The molecule has 0 saturated carbocycles. The van der Waals surface area contributed by atoms with E-state index in [0.717, 1.165) is 80.9 Å². The van der Waals surface area contributed by atoms with Crippen LogP contribution < -0.4 is 14.8 Å². The van der Waals surface area contributed by atoms with Gasteiger partial charge in [-0.15, -0.1) is 0 Å². The van der Waals surface area contributed by atoms with E-state index in [1.807, 2.05) is 36.1 Å². The van der Waals surface area contributed by atoms with Crippen molar-refractivity contribution in [1.82, 2.24) is 35.0 Å². The highest BCUT2D eigenvalue weighted by Crippen LogP contribution is 2.50. The number of methoxy groups -OCH3 is 2. The van der Waals surface area contributed by atoms with Crippen LogP contribution in [0.1, 0.15) is 54.6 Å². The fourth-order valence-electron chi connectivity index (χ4n) is 9.55. The smallest absolute Gasteiger partial charge is 0.237 e. The summed E-state index contributed by atoms with van der Waals surface area (Å²) in [5, 5.41) is 3.11. The molecule has 4 aromatic rings. The van der Waals surface area contributed by atoms with Crippen molar-refractivity contribution < 1.29 is 23.5 Å². The average molecular weight is 718 g/mol. The lowest BCUT2D eigenvalue weighted by molar-refractivity contribution is -0.161. The van der Waals surface area contributed by atoms with E-state index in [4.69, 9.17) is 19.4 Å². The molecule has 2 aromatic carbocycles. The van der Waals surface area contributed by atoms with Crippen LogP contribution in [-0.4, -0.2) is 100 Å². The summed E-state index contributed by atoms with van der Waals surface area (Å²) in [4.78, 5) is 44.6. The first kappa shape index (κ1) is 33.9. The van der Waals surface area contributed by atoms with E-state index in [1.165, 1.54) is 11.1 Å². The molecule has 12 heteroatoms. The number of rotatable bonds is 8. The summed E-state index contributed by atoms with van der Waals surface area (Å²) in [7, 11) is 3.23. The Morgan fingerprint density at radius 2 is 1.62 bits per heavy atom. The van der Waals surface area contributed by atoms with Crippen LogP contribution in [0.25, 0.3) is 33.6 Å². The molecule has 2 amide bonds. The Bertz CT molecular complexity index is 2150. The summed E-state index contributed by atoms with van der Waals surface area (Å²) >= 11 is 0. The zero-order valence-corrected chi connectivity index (χ0v) is 30.7. The van der Waals surface area contributed by atoms with E-state index in [0.29, 0.717) is 47.2 Å². The van der Waals surface area contributed by atoms with E-state index in [1.54, 1.807) is 39.5 Å². The predicted molar refractivity (Wildman–Crippen MR) is 197 cm³/mol. The first-order valence-electron chi connectivity index (χ1n) is 18.5. The monoisotopic (exact) mass is 717 g/mol. The summed E-state index contributed by atoms with van der Waals surface area (Å²) in [5.41, 5.74) is 7.81. The van der Waals surface area contributed by atoms with Crippen molar-refractivity contribution in [1.29, 1.82) is 0 Å². The van der Waals surface area contributed by atoms with Gasteiger partial charge in [0.15, 0.2) is 0 Å². The second-order valence-electron chi connectivity index (χ2n) is 15.8. The second-order valence-corrected chi connectivity index (χ2v) is 15.8. The van der Waals surface area contributed by atoms with Gasteiger partial charge in [0.25, 0.3) is 0 Å². The number of amides is 2. The fourth-order valence-corrected chi connectivity index (χ4v) is 9.55. The van der Waals surface area contributed by atoms with Crippen molar-refractivity contribution in [2.75, 3.05) is 53.5 Å². The van der Waals surface area contributed by atoms with Gasteiger partial charge in [0, 0.05) is 92.9 Å². The minimum atomic E-state index is -0.383. The van der Waals surface area contributed by atoms with Crippen LogP contribution in [-0.2, 0) is 22.6 Å². The van der Waals surface area contributed by atoms with Crippen molar-refractivity contribution in [3.05, 3.63) is 76.9 Å². The predicted octanol–water partition coefficient (Wildman–Crippen LogP) is 4.95. The molecule has 53 heavy (non-hydrogen) atoms. The van der Waals surface area contributed by atoms with Gasteiger partial charge >= 0.3 is 0 Å². The molecule has 4 aliphatic heterocycles. The van der Waals surface area contributed by atoms with Gasteiger partial charge in [0.2, 0.25) is 23.6 Å². The third kappa shape index (κ3) is 5.65. The Kier molecular flexibility index (Phi) is 8.04. The lowest BCUT2D eigenvalue weighted by Gasteiger charge is -2.61. The van der Waals surface area contributed by atoms with Gasteiger partial charge in [-0.05, 0) is 55.0 Å². The van der Waals surface area contributed by atoms with Crippen molar-refractivity contribution in [3.63, 3.8) is 0 Å². The maximum Gasteiger partial charge on any atom is 0.237 e. The molecule has 4 saturated heterocycles. The number of pyridine rings is 1. The van der Waals surface area contributed by atoms with Gasteiger partial charge in [-0.2, -0.15) is 0 Å². The first-order chi connectivity index (χ1) is 25.6. The molecule has 2 spiro atoms. The Labute approximate surface area is 308 Å². The van der Waals surface area contributed by atoms with E-state index in [-0.39, 0.29) is 34.6 Å². The van der Waals surface area contributed by atoms with E-state index >= 15 is 4.39 Å². The van der Waals surface area contributed by atoms with Gasteiger partial charge < -0.3 is 19.7 Å². The standard InChI is InChI=1S/C41H44FN7O4/c1-24-27(29-9-6-10-30(37(29)42)32-16-43-33(38(45-32)52-3)17-47-22-41(23-47)14-13-35(51)46-41)7-5-8-28(24)31-15-26-11-12-34(36(26)39(44-31)53-4)49-20-40(21-49)18-48(19-40)25(2)50/h5-10,15-16,34H,11-14,17-23H2,1-4H3,(H,46,51). The third-order valence-corrected chi connectivity index (χ3v) is 12.2. The minimum absolute atomic E-state index is 0.112. The number of ether oxygens (including phenoxy) is 2. The van der Waals surface area contributed by atoms with E-state index < -0.39 is 0 Å². The van der Waals surface area contributed by atoms with Crippen LogP contribution in [0.3, 0.4) is 0 Å². The van der Waals surface area contributed by atoms with Crippen LogP contribution >= 0.6 is 0 Å². The third-order valence-electron chi connectivity index (χ3n) is 12.2. The maximum absolute atomic E-state index is 16.6. The highest BCUT2D eigenvalue weighted by atomic mass is 19.1. The molecule has 1 atom stereocenters. The Morgan fingerprint density at radius 3 is 2.32 bits per heavy atom. The lowest BCUT2D eigenvalue weighted by atomic mass is 9.72. The number of nitrogens with one attached hydrogen (secondary N) is 1. The van der Waals surface area contributed by atoms with Gasteiger partial charge in [-0.1, -0.05) is 30.3 Å². The van der Waals surface area contributed by atoms with Gasteiger partial charge in [0.1, 0.15) is 11.5 Å². The van der Waals surface area contributed by atoms with Crippen LogP contribution in [0.5, 0.6) is 11.8 Å². The van der Waals surface area contributed by atoms with Gasteiger partial charge in [-0.3, -0.25) is 24.4 Å². The van der Waals surface area contributed by atoms with Gasteiger partial charge in [-0.25, -0.2) is 14.4 Å². The number of benzene rings is 2. The molecule has 0 bridgehead atoms. The number of fused-ring (bicyclic) bond motifs is 1. The van der Waals surface area contributed by atoms with E-state index in [2.05, 4.69) is 26.2 Å². The Morgan fingerprint density at radius 1 is 0.925 bits per heavy atom. The molecule has 1 aliphatic carbocycles. The molecule has 274 valence electrons. The quantitative estimate of drug-likeness (QED) is 0.271. The molecule has 1 unspecified atom stereocenters. The lowest BCUT2D eigenvalue weighted by Crippen LogP contribution is -2.72. The molecule has 4 fully saturated rings. The summed E-state index contributed by atoms with van der Waals surface area (Å²) < 4.78 is 28.1. The molecule has 1 N–H and O–H groups in total. The molecule has 0 radical (unpaired) electrons. The highest BCUT2D eigenvalue weighted by Gasteiger charge is 2.55. The number of nitrogens with zero attached hydrogens (tertiary/aromatic N) is 6. The number of carbonyl (C=O) groups is 2. The van der Waals surface area contributed by atoms with Gasteiger partial charge in [0.05, 0.1) is 37.3 Å². The summed E-state index contributed by atoms with van der Waals surface area (Å²) in [6.07, 6.45) is 4.98. The highest BCUT2D eigenvalue weighted by molar-refractivity contribution is 5.81. The number of hydrogen-bond acceptors (Lipinski definition) is 9. The number of hydrogen-bond donors (Lipinski definition) is 1. The van der Waals surface area contributed by atoms with E-state index in [9.17, 15) is 9.59 Å². The largest absolute Gasteiger partial charge is 0.481 e. The number of likely N-dealkylation sites (tertiary alicyclic amines) is 3. The molecular formula is C41H44FN7O4. The number of carbonyl (C=O) groups excluding carboxylic acids is 2. The number of aromatic nitrogens is 3. The first-order valence-corrected chi connectivity index (χ1v) is 18.5. The molecular weight excluding hydrogens is 673 g/mol. The SMILES string of the molecule is COc1nc(-c2cccc(-c3cccc(-c4cc5c(c(OC)n4)C(N4CC6(CN(C(C)=O)C6)C4)CC5)c3C)c2F)cnc1CN1CC2(CCC(=O)N2)C1. The number of halogens is 1.